The molecule has 3 rings (SSSR count). The molecule has 0 spiro atoms. The molecule has 5 heteroatoms. The fraction of sp³-hybridized carbons (Fsp3) is 0.467. The quantitative estimate of drug-likeness (QED) is 0.863. The van der Waals surface area contributed by atoms with E-state index in [1.54, 1.807) is 17.7 Å². The Bertz CT molecular complexity index is 637. The van der Waals surface area contributed by atoms with Crippen LogP contribution >= 0.6 is 0 Å². The molecule has 100 valence electrons. The molecule has 0 unspecified atom stereocenters. The summed E-state index contributed by atoms with van der Waals surface area (Å²) >= 11 is 1.58. The van der Waals surface area contributed by atoms with Crippen LogP contribution in [0.25, 0.3) is 11.0 Å². The van der Waals surface area contributed by atoms with Crippen LogP contribution in [0, 0.1) is 5.92 Å². The normalized spacial score (nSPS) is 20.4. The molecule has 1 N–H and O–H groups in total. The van der Waals surface area contributed by atoms with Gasteiger partial charge < -0.3 is 0 Å². The van der Waals surface area contributed by atoms with Crippen molar-refractivity contribution in [3.63, 3.8) is 0 Å². The number of piperidine rings is 1. The number of aromatic amines is 1. The summed E-state index contributed by atoms with van der Waals surface area (Å²) < 4.78 is 0.0290. The van der Waals surface area contributed by atoms with Crippen molar-refractivity contribution in [2.45, 2.75) is 26.3 Å². The third kappa shape index (κ3) is 2.83. The number of nitrogens with zero attached hydrogens (tertiary/aromatic N) is 2. The Morgan fingerprint density at radius 2 is 2.45 bits per heavy atom. The number of rotatable bonds is 3. The van der Waals surface area contributed by atoms with Crippen LogP contribution in [0.5, 0.6) is 0 Å². The maximum absolute atomic E-state index is 11.6. The van der Waals surface area contributed by atoms with Gasteiger partial charge in [0.2, 0.25) is 0 Å². The number of aromatic nitrogens is 2. The summed E-state index contributed by atoms with van der Waals surface area (Å²) in [7, 11) is 0. The molecule has 0 radical (unpaired) electrons. The van der Waals surface area contributed by atoms with Gasteiger partial charge in [0.05, 0.1) is 0 Å². The number of likely N-dealkylation sites (tertiary alicyclic amines) is 1. The maximum atomic E-state index is 11.6. The van der Waals surface area contributed by atoms with Gasteiger partial charge in [-0.05, 0) is 0 Å². The zero-order valence-corrected chi connectivity index (χ0v) is 12.1. The molecule has 20 heavy (non-hydrogen) atoms. The topological polar surface area (TPSA) is 49.0 Å². The van der Waals surface area contributed by atoms with Crippen LogP contribution in [0.3, 0.4) is 0 Å². The number of pyridine rings is 1. The SMILES string of the molecule is [Li][C](=O)c1cc(CN2CCC[C@H](C)C2)c2[nH]ccc2n1. The molecule has 0 bridgehead atoms. The van der Waals surface area contributed by atoms with Gasteiger partial charge in [0.25, 0.3) is 0 Å². The van der Waals surface area contributed by atoms with Crippen LogP contribution in [-0.2, 0) is 6.54 Å². The van der Waals surface area contributed by atoms with E-state index in [0.717, 1.165) is 36.6 Å². The van der Waals surface area contributed by atoms with Gasteiger partial charge in [-0.3, -0.25) is 0 Å². The number of carbonyl (C=O) groups excluding carboxylic acids is 1. The number of hydrogen-bond acceptors (Lipinski definition) is 3. The Labute approximate surface area is 128 Å². The second kappa shape index (κ2) is 5.73. The fourth-order valence-corrected chi connectivity index (χ4v) is 3.09. The van der Waals surface area contributed by atoms with Crippen molar-refractivity contribution in [1.82, 2.24) is 14.9 Å². The molecule has 1 aliphatic heterocycles. The Hall–Kier alpha value is -1.08. The first-order valence-electron chi connectivity index (χ1n) is 7.34. The zero-order valence-electron chi connectivity index (χ0n) is 12.1. The van der Waals surface area contributed by atoms with Crippen LogP contribution in [0.1, 0.15) is 35.8 Å². The number of hydrogen-bond donors (Lipinski definition) is 1. The average Bonchev–Trinajstić information content (AvgIpc) is 2.87. The second-order valence-corrected chi connectivity index (χ2v) is 5.94. The summed E-state index contributed by atoms with van der Waals surface area (Å²) in [5.41, 5.74) is 3.70. The number of nitrogens with one attached hydrogen (secondary N) is 1. The van der Waals surface area contributed by atoms with Gasteiger partial charge in [-0.15, -0.1) is 0 Å². The van der Waals surface area contributed by atoms with E-state index in [1.165, 1.54) is 18.4 Å². The standard InChI is InChI=1S/C15H18N3O.Li/c1-11-3-2-6-18(8-11)9-12-7-13(10-19)17-14-4-5-16-15(12)14;/h4-5,7,11,16H,2-3,6,8-9H2,1H3;/t11-;/m0./s1. The van der Waals surface area contributed by atoms with Crippen LogP contribution in [-0.4, -0.2) is 50.1 Å². The first-order valence-corrected chi connectivity index (χ1v) is 7.34. The second-order valence-electron chi connectivity index (χ2n) is 5.94. The summed E-state index contributed by atoms with van der Waals surface area (Å²) in [6.45, 7) is 5.48. The molecule has 3 heterocycles. The number of carbonyl (C=O) groups is 1. The molecule has 0 aromatic carbocycles. The Morgan fingerprint density at radius 1 is 1.60 bits per heavy atom. The van der Waals surface area contributed by atoms with E-state index in [4.69, 9.17) is 0 Å². The Morgan fingerprint density at radius 3 is 3.20 bits per heavy atom. The molecule has 2 aromatic rings. The van der Waals surface area contributed by atoms with Gasteiger partial charge in [-0.25, -0.2) is 0 Å². The summed E-state index contributed by atoms with van der Waals surface area (Å²) in [6.07, 6.45) is 4.48. The van der Waals surface area contributed by atoms with Crippen LogP contribution in [0.2, 0.25) is 0 Å². The van der Waals surface area contributed by atoms with Gasteiger partial charge in [0.15, 0.2) is 0 Å². The molecular formula is C15H18LiN3O. The summed E-state index contributed by atoms with van der Waals surface area (Å²) in [5, 5.41) is 0. The first-order chi connectivity index (χ1) is 9.63. The minimum absolute atomic E-state index is 0.0290. The van der Waals surface area contributed by atoms with Crippen LogP contribution in [0.4, 0.5) is 0 Å². The first kappa shape index (κ1) is 13.9. The summed E-state index contributed by atoms with van der Waals surface area (Å²) in [5.74, 6) is 0.761. The molecule has 0 aliphatic carbocycles. The number of fused-ring (bicyclic) bond motifs is 1. The third-order valence-electron chi connectivity index (χ3n) is 4.09. The average molecular weight is 263 g/mol. The molecule has 1 atom stereocenters. The van der Waals surface area contributed by atoms with E-state index < -0.39 is 0 Å². The van der Waals surface area contributed by atoms with Crippen molar-refractivity contribution in [1.29, 1.82) is 0 Å². The molecule has 4 nitrogen and oxygen atoms in total. The van der Waals surface area contributed by atoms with Gasteiger partial charge >= 0.3 is 128 Å². The molecule has 1 fully saturated rings. The minimum atomic E-state index is 0.0290. The van der Waals surface area contributed by atoms with Crippen molar-refractivity contribution in [3.8, 4) is 0 Å². The van der Waals surface area contributed by atoms with Crippen molar-refractivity contribution < 1.29 is 4.79 Å². The molecule has 1 aliphatic rings. The molecule has 1 saturated heterocycles. The van der Waals surface area contributed by atoms with Crippen LogP contribution < -0.4 is 0 Å². The van der Waals surface area contributed by atoms with Gasteiger partial charge in [-0.1, -0.05) is 0 Å². The van der Waals surface area contributed by atoms with Crippen LogP contribution in [0.15, 0.2) is 18.3 Å². The van der Waals surface area contributed by atoms with E-state index in [-0.39, 0.29) is 4.46 Å². The Kier molecular flexibility index (Phi) is 3.98. The fourth-order valence-electron chi connectivity index (χ4n) is 3.09. The molecule has 2 aromatic heterocycles. The van der Waals surface area contributed by atoms with Crippen molar-refractivity contribution in [2.24, 2.45) is 5.92 Å². The third-order valence-corrected chi connectivity index (χ3v) is 4.09. The van der Waals surface area contributed by atoms with Gasteiger partial charge in [0, 0.05) is 0 Å². The predicted octanol–water partition coefficient (Wildman–Crippen LogP) is 2.10. The monoisotopic (exact) mass is 263 g/mol. The zero-order chi connectivity index (χ0) is 14.1. The molecule has 0 saturated carbocycles. The van der Waals surface area contributed by atoms with Crippen molar-refractivity contribution >= 4 is 33.2 Å². The van der Waals surface area contributed by atoms with E-state index >= 15 is 0 Å². The van der Waals surface area contributed by atoms with Gasteiger partial charge in [0.1, 0.15) is 0 Å². The van der Waals surface area contributed by atoms with Crippen molar-refractivity contribution in [3.05, 3.63) is 29.6 Å². The predicted molar refractivity (Wildman–Crippen MR) is 79.9 cm³/mol. The van der Waals surface area contributed by atoms with E-state index in [1.807, 2.05) is 18.3 Å². The van der Waals surface area contributed by atoms with E-state index in [0.29, 0.717) is 5.69 Å². The number of H-pyrrole nitrogens is 1. The van der Waals surface area contributed by atoms with E-state index in [9.17, 15) is 4.79 Å². The van der Waals surface area contributed by atoms with Crippen molar-refractivity contribution in [2.75, 3.05) is 13.1 Å². The Balaban J connectivity index is 1.93. The summed E-state index contributed by atoms with van der Waals surface area (Å²) in [4.78, 5) is 21.8. The molecular weight excluding hydrogens is 245 g/mol. The molecule has 0 amide bonds. The van der Waals surface area contributed by atoms with E-state index in [2.05, 4.69) is 21.8 Å². The summed E-state index contributed by atoms with van der Waals surface area (Å²) in [6, 6.07) is 3.88. The van der Waals surface area contributed by atoms with Gasteiger partial charge in [-0.2, -0.15) is 0 Å².